The van der Waals surface area contributed by atoms with E-state index in [1.165, 1.54) is 4.31 Å². The summed E-state index contributed by atoms with van der Waals surface area (Å²) in [5.74, 6) is 1.07. The molecule has 0 aliphatic carbocycles. The maximum Gasteiger partial charge on any atom is 0.245 e. The summed E-state index contributed by atoms with van der Waals surface area (Å²) in [6.45, 7) is 2.51. The molecule has 3 rings (SSSR count). The van der Waals surface area contributed by atoms with E-state index in [1.807, 2.05) is 37.3 Å². The highest BCUT2D eigenvalue weighted by molar-refractivity contribution is 7.89. The van der Waals surface area contributed by atoms with Crippen molar-refractivity contribution in [3.8, 4) is 11.4 Å². The Morgan fingerprint density at radius 2 is 2.09 bits per heavy atom. The van der Waals surface area contributed by atoms with Gasteiger partial charge in [0.1, 0.15) is 6.04 Å². The van der Waals surface area contributed by atoms with Crippen LogP contribution in [0.15, 0.2) is 34.9 Å². The fraction of sp³-hybridized carbons (Fsp3) is 0.500. The Kier molecular flexibility index (Phi) is 4.77. The van der Waals surface area contributed by atoms with Gasteiger partial charge in [0.25, 0.3) is 0 Å². The molecule has 2 heterocycles. The summed E-state index contributed by atoms with van der Waals surface area (Å²) in [6.07, 6.45) is 3.07. The zero-order valence-corrected chi connectivity index (χ0v) is 14.0. The molecule has 0 bridgehead atoms. The van der Waals surface area contributed by atoms with Crippen LogP contribution in [-0.2, 0) is 10.0 Å². The van der Waals surface area contributed by atoms with Crippen molar-refractivity contribution in [2.24, 2.45) is 0 Å². The average Bonchev–Trinajstić information content (AvgIpc) is 3.22. The Labute approximate surface area is 136 Å². The summed E-state index contributed by atoms with van der Waals surface area (Å²) < 4.78 is 31.9. The van der Waals surface area contributed by atoms with Gasteiger partial charge < -0.3 is 4.52 Å². The molecule has 0 radical (unpaired) electrons. The fourth-order valence-corrected chi connectivity index (χ4v) is 4.72. The van der Waals surface area contributed by atoms with Crippen molar-refractivity contribution in [3.63, 3.8) is 0 Å². The quantitative estimate of drug-likeness (QED) is 0.811. The largest absolute Gasteiger partial charge is 0.337 e. The average molecular weight is 335 g/mol. The molecule has 1 aliphatic heterocycles. The van der Waals surface area contributed by atoms with Crippen LogP contribution >= 0.6 is 0 Å². The number of benzene rings is 1. The standard InChI is InChI=1S/C16H21N3O3S/c1-2-3-12-23(20,21)19-11-7-10-14(19)16-17-15(18-22-16)13-8-5-4-6-9-13/h4-6,8-9,14H,2-3,7,10-12H2,1H3. The summed E-state index contributed by atoms with van der Waals surface area (Å²) in [5.41, 5.74) is 0.862. The van der Waals surface area contributed by atoms with Crippen molar-refractivity contribution in [1.29, 1.82) is 0 Å². The molecule has 23 heavy (non-hydrogen) atoms. The van der Waals surface area contributed by atoms with E-state index in [-0.39, 0.29) is 11.8 Å². The lowest BCUT2D eigenvalue weighted by Crippen LogP contribution is -2.32. The second kappa shape index (κ2) is 6.80. The Morgan fingerprint density at radius 1 is 1.30 bits per heavy atom. The van der Waals surface area contributed by atoms with Gasteiger partial charge in [0.05, 0.1) is 5.75 Å². The molecular weight excluding hydrogens is 314 g/mol. The predicted octanol–water partition coefficient (Wildman–Crippen LogP) is 3.00. The van der Waals surface area contributed by atoms with Crippen LogP contribution in [0.5, 0.6) is 0 Å². The van der Waals surface area contributed by atoms with Crippen LogP contribution in [0.4, 0.5) is 0 Å². The zero-order valence-electron chi connectivity index (χ0n) is 13.2. The third-order valence-electron chi connectivity index (χ3n) is 4.08. The molecule has 6 nitrogen and oxygen atoms in total. The molecule has 0 spiro atoms. The third-order valence-corrected chi connectivity index (χ3v) is 6.03. The molecule has 124 valence electrons. The first kappa shape index (κ1) is 16.1. The second-order valence-corrected chi connectivity index (χ2v) is 7.80. The van der Waals surface area contributed by atoms with E-state index in [4.69, 9.17) is 4.52 Å². The van der Waals surface area contributed by atoms with Crippen molar-refractivity contribution in [3.05, 3.63) is 36.2 Å². The van der Waals surface area contributed by atoms with Crippen LogP contribution in [-0.4, -0.2) is 35.2 Å². The highest BCUT2D eigenvalue weighted by Crippen LogP contribution is 2.34. The molecule has 1 unspecified atom stereocenters. The van der Waals surface area contributed by atoms with E-state index >= 15 is 0 Å². The maximum atomic E-state index is 12.5. The fourth-order valence-electron chi connectivity index (χ4n) is 2.84. The van der Waals surface area contributed by atoms with E-state index in [0.29, 0.717) is 24.7 Å². The monoisotopic (exact) mass is 335 g/mol. The second-order valence-electron chi connectivity index (χ2n) is 5.76. The third kappa shape index (κ3) is 3.45. The number of unbranched alkanes of at least 4 members (excludes halogenated alkanes) is 1. The van der Waals surface area contributed by atoms with Gasteiger partial charge in [0, 0.05) is 12.1 Å². The molecule has 0 saturated carbocycles. The molecule has 0 amide bonds. The highest BCUT2D eigenvalue weighted by Gasteiger charge is 2.38. The first-order chi connectivity index (χ1) is 11.1. The van der Waals surface area contributed by atoms with E-state index in [2.05, 4.69) is 10.1 Å². The van der Waals surface area contributed by atoms with Gasteiger partial charge in [-0.15, -0.1) is 0 Å². The Bertz CT molecular complexity index is 743. The molecule has 0 N–H and O–H groups in total. The first-order valence-corrected chi connectivity index (χ1v) is 9.61. The Balaban J connectivity index is 1.82. The molecule has 1 aliphatic rings. The molecule has 1 fully saturated rings. The summed E-state index contributed by atoms with van der Waals surface area (Å²) in [6, 6.07) is 9.20. The van der Waals surface area contributed by atoms with Crippen molar-refractivity contribution < 1.29 is 12.9 Å². The van der Waals surface area contributed by atoms with Crippen LogP contribution in [0, 0.1) is 0 Å². The predicted molar refractivity (Wildman–Crippen MR) is 87.1 cm³/mol. The lowest BCUT2D eigenvalue weighted by Gasteiger charge is -2.21. The lowest BCUT2D eigenvalue weighted by atomic mass is 10.2. The molecule has 1 aromatic heterocycles. The Hall–Kier alpha value is -1.73. The highest BCUT2D eigenvalue weighted by atomic mass is 32.2. The van der Waals surface area contributed by atoms with Crippen LogP contribution < -0.4 is 0 Å². The number of nitrogens with zero attached hydrogens (tertiary/aromatic N) is 3. The van der Waals surface area contributed by atoms with Crippen LogP contribution in [0.2, 0.25) is 0 Å². The van der Waals surface area contributed by atoms with Crippen LogP contribution in [0.25, 0.3) is 11.4 Å². The summed E-state index contributed by atoms with van der Waals surface area (Å²) >= 11 is 0. The van der Waals surface area contributed by atoms with Gasteiger partial charge in [-0.2, -0.15) is 9.29 Å². The van der Waals surface area contributed by atoms with Gasteiger partial charge in [-0.25, -0.2) is 8.42 Å². The summed E-state index contributed by atoms with van der Waals surface area (Å²) in [5, 5.41) is 4.00. The molecular formula is C16H21N3O3S. The summed E-state index contributed by atoms with van der Waals surface area (Å²) in [7, 11) is -3.27. The van der Waals surface area contributed by atoms with Crippen LogP contribution in [0.3, 0.4) is 0 Å². The van der Waals surface area contributed by atoms with Crippen molar-refractivity contribution >= 4 is 10.0 Å². The lowest BCUT2D eigenvalue weighted by molar-refractivity contribution is 0.290. The van der Waals surface area contributed by atoms with Gasteiger partial charge in [-0.3, -0.25) is 0 Å². The molecule has 1 atom stereocenters. The number of sulfonamides is 1. The van der Waals surface area contributed by atoms with Gasteiger partial charge >= 0.3 is 0 Å². The Morgan fingerprint density at radius 3 is 2.83 bits per heavy atom. The molecule has 7 heteroatoms. The van der Waals surface area contributed by atoms with Gasteiger partial charge in [-0.1, -0.05) is 48.8 Å². The van der Waals surface area contributed by atoms with E-state index < -0.39 is 10.0 Å². The zero-order chi connectivity index (χ0) is 16.3. The van der Waals surface area contributed by atoms with E-state index in [1.54, 1.807) is 0 Å². The van der Waals surface area contributed by atoms with E-state index in [9.17, 15) is 8.42 Å². The minimum absolute atomic E-state index is 0.180. The minimum atomic E-state index is -3.27. The van der Waals surface area contributed by atoms with Gasteiger partial charge in [0.15, 0.2) is 0 Å². The number of aromatic nitrogens is 2. The number of hydrogen-bond donors (Lipinski definition) is 0. The minimum Gasteiger partial charge on any atom is -0.337 e. The SMILES string of the molecule is CCCCS(=O)(=O)N1CCCC1c1nc(-c2ccccc2)no1. The van der Waals surface area contributed by atoms with E-state index in [0.717, 1.165) is 24.8 Å². The number of hydrogen-bond acceptors (Lipinski definition) is 5. The first-order valence-electron chi connectivity index (χ1n) is 8.00. The van der Waals surface area contributed by atoms with Gasteiger partial charge in [-0.05, 0) is 19.3 Å². The smallest absolute Gasteiger partial charge is 0.245 e. The van der Waals surface area contributed by atoms with Gasteiger partial charge in [0.2, 0.25) is 21.7 Å². The van der Waals surface area contributed by atoms with Crippen LogP contribution in [0.1, 0.15) is 44.5 Å². The molecule has 1 saturated heterocycles. The van der Waals surface area contributed by atoms with Crippen molar-refractivity contribution in [2.75, 3.05) is 12.3 Å². The number of rotatable bonds is 6. The molecule has 2 aromatic rings. The van der Waals surface area contributed by atoms with Crippen molar-refractivity contribution in [2.45, 2.75) is 38.6 Å². The molecule has 1 aromatic carbocycles. The summed E-state index contributed by atoms with van der Waals surface area (Å²) in [4.78, 5) is 4.42. The maximum absolute atomic E-state index is 12.5. The van der Waals surface area contributed by atoms with Crippen molar-refractivity contribution in [1.82, 2.24) is 14.4 Å². The normalized spacial score (nSPS) is 19.3. The topological polar surface area (TPSA) is 76.3 Å².